The molecule has 0 fully saturated rings. The van der Waals surface area contributed by atoms with Crippen molar-refractivity contribution in [2.45, 2.75) is 0 Å². The van der Waals surface area contributed by atoms with Crippen molar-refractivity contribution in [3.63, 3.8) is 0 Å². The molecule has 4 rings (SSSR count). The van der Waals surface area contributed by atoms with E-state index in [1.807, 2.05) is 84.9 Å². The van der Waals surface area contributed by atoms with Gasteiger partial charge in [0.1, 0.15) is 0 Å². The van der Waals surface area contributed by atoms with E-state index >= 15 is 0 Å². The van der Waals surface area contributed by atoms with Crippen LogP contribution in [-0.2, 0) is 0 Å². The van der Waals surface area contributed by atoms with E-state index in [9.17, 15) is 4.79 Å². The van der Waals surface area contributed by atoms with E-state index in [1.165, 1.54) is 0 Å². The number of pyridine rings is 1. The number of rotatable bonds is 3. The van der Waals surface area contributed by atoms with Gasteiger partial charge < -0.3 is 5.32 Å². The van der Waals surface area contributed by atoms with Crippen LogP contribution in [0.15, 0.2) is 91.1 Å². The van der Waals surface area contributed by atoms with Crippen molar-refractivity contribution in [1.29, 1.82) is 0 Å². The lowest BCUT2D eigenvalue weighted by atomic mass is 10.0. The van der Waals surface area contributed by atoms with Crippen molar-refractivity contribution in [3.05, 3.63) is 96.7 Å². The molecule has 0 radical (unpaired) electrons. The smallest absolute Gasteiger partial charge is 0.257 e. The summed E-state index contributed by atoms with van der Waals surface area (Å²) in [5.74, 6) is -0.165. The molecule has 0 saturated carbocycles. The van der Waals surface area contributed by atoms with Gasteiger partial charge in [-0.3, -0.25) is 9.78 Å². The van der Waals surface area contributed by atoms with Gasteiger partial charge in [-0.1, -0.05) is 66.7 Å². The fourth-order valence-electron chi connectivity index (χ4n) is 2.85. The summed E-state index contributed by atoms with van der Waals surface area (Å²) < 4.78 is 0. The van der Waals surface area contributed by atoms with Crippen molar-refractivity contribution < 1.29 is 4.79 Å². The predicted molar refractivity (Wildman–Crippen MR) is 102 cm³/mol. The molecule has 3 nitrogen and oxygen atoms in total. The maximum Gasteiger partial charge on any atom is 0.257 e. The van der Waals surface area contributed by atoms with Gasteiger partial charge in [-0.25, -0.2) is 0 Å². The standard InChI is InChI=1S/C22H16N2O/c25-22(18-14-17-10-4-6-12-20(17)23-15-18)24-21-13-7-5-11-19(21)16-8-2-1-3-9-16/h1-15H,(H,24,25). The summed E-state index contributed by atoms with van der Waals surface area (Å²) in [5, 5.41) is 3.96. The van der Waals surface area contributed by atoms with Crippen molar-refractivity contribution in [1.82, 2.24) is 4.98 Å². The Morgan fingerprint density at radius 3 is 2.40 bits per heavy atom. The monoisotopic (exact) mass is 324 g/mol. The minimum absolute atomic E-state index is 0.165. The average Bonchev–Trinajstić information content (AvgIpc) is 2.68. The second-order valence-electron chi connectivity index (χ2n) is 5.78. The van der Waals surface area contributed by atoms with Crippen LogP contribution >= 0.6 is 0 Å². The number of benzene rings is 3. The molecule has 3 aromatic carbocycles. The molecule has 0 aliphatic rings. The molecule has 120 valence electrons. The van der Waals surface area contributed by atoms with Crippen LogP contribution in [0, 0.1) is 0 Å². The van der Waals surface area contributed by atoms with Crippen LogP contribution in [-0.4, -0.2) is 10.9 Å². The topological polar surface area (TPSA) is 42.0 Å². The van der Waals surface area contributed by atoms with E-state index in [1.54, 1.807) is 6.20 Å². The lowest BCUT2D eigenvalue weighted by molar-refractivity contribution is 0.102. The highest BCUT2D eigenvalue weighted by Crippen LogP contribution is 2.28. The third-order valence-electron chi connectivity index (χ3n) is 4.11. The number of anilines is 1. The molecule has 3 heteroatoms. The molecule has 0 aliphatic carbocycles. The third kappa shape index (κ3) is 3.12. The largest absolute Gasteiger partial charge is 0.321 e. The number of para-hydroxylation sites is 2. The molecule has 1 amide bonds. The maximum absolute atomic E-state index is 12.7. The Balaban J connectivity index is 1.67. The summed E-state index contributed by atoms with van der Waals surface area (Å²) in [4.78, 5) is 17.1. The summed E-state index contributed by atoms with van der Waals surface area (Å²) in [6.07, 6.45) is 1.61. The first-order valence-electron chi connectivity index (χ1n) is 8.12. The average molecular weight is 324 g/mol. The molecular formula is C22H16N2O. The number of nitrogens with zero attached hydrogens (tertiary/aromatic N) is 1. The van der Waals surface area contributed by atoms with Gasteiger partial charge >= 0.3 is 0 Å². The number of aromatic nitrogens is 1. The van der Waals surface area contributed by atoms with E-state index in [0.717, 1.165) is 27.7 Å². The number of hydrogen-bond donors (Lipinski definition) is 1. The first-order valence-corrected chi connectivity index (χ1v) is 8.12. The number of amides is 1. The van der Waals surface area contributed by atoms with Crippen LogP contribution in [0.3, 0.4) is 0 Å². The molecule has 1 N–H and O–H groups in total. The van der Waals surface area contributed by atoms with Crippen LogP contribution in [0.2, 0.25) is 0 Å². The molecule has 0 saturated heterocycles. The molecule has 0 bridgehead atoms. The molecule has 25 heavy (non-hydrogen) atoms. The minimum atomic E-state index is -0.165. The van der Waals surface area contributed by atoms with Gasteiger partial charge in [-0.2, -0.15) is 0 Å². The Morgan fingerprint density at radius 2 is 1.52 bits per heavy atom. The van der Waals surface area contributed by atoms with E-state index in [0.29, 0.717) is 5.56 Å². The highest BCUT2D eigenvalue weighted by atomic mass is 16.1. The summed E-state index contributed by atoms with van der Waals surface area (Å²) in [7, 11) is 0. The van der Waals surface area contributed by atoms with Gasteiger partial charge in [0.05, 0.1) is 11.1 Å². The van der Waals surface area contributed by atoms with Gasteiger partial charge in [0.2, 0.25) is 0 Å². The first-order chi connectivity index (χ1) is 12.3. The molecule has 0 atom stereocenters. The quantitative estimate of drug-likeness (QED) is 0.566. The van der Waals surface area contributed by atoms with Crippen LogP contribution < -0.4 is 5.32 Å². The molecule has 1 heterocycles. The highest BCUT2D eigenvalue weighted by Gasteiger charge is 2.11. The van der Waals surface area contributed by atoms with Gasteiger partial charge in [-0.15, -0.1) is 0 Å². The maximum atomic E-state index is 12.7. The number of fused-ring (bicyclic) bond motifs is 1. The molecule has 4 aromatic rings. The Hall–Kier alpha value is -3.46. The van der Waals surface area contributed by atoms with E-state index in [-0.39, 0.29) is 5.91 Å². The molecular weight excluding hydrogens is 308 g/mol. The number of nitrogens with one attached hydrogen (secondary N) is 1. The van der Waals surface area contributed by atoms with Crippen molar-refractivity contribution in [3.8, 4) is 11.1 Å². The molecule has 0 unspecified atom stereocenters. The Morgan fingerprint density at radius 1 is 0.800 bits per heavy atom. The normalized spacial score (nSPS) is 10.6. The van der Waals surface area contributed by atoms with Gasteiger partial charge in [-0.05, 0) is 23.8 Å². The molecule has 0 aliphatic heterocycles. The fraction of sp³-hybridized carbons (Fsp3) is 0. The van der Waals surface area contributed by atoms with E-state index < -0.39 is 0 Å². The van der Waals surface area contributed by atoms with Crippen molar-refractivity contribution >= 4 is 22.5 Å². The van der Waals surface area contributed by atoms with Crippen LogP contribution in [0.1, 0.15) is 10.4 Å². The number of hydrogen-bond acceptors (Lipinski definition) is 2. The van der Waals surface area contributed by atoms with Crippen LogP contribution in [0.25, 0.3) is 22.0 Å². The number of carbonyl (C=O) groups excluding carboxylic acids is 1. The summed E-state index contributed by atoms with van der Waals surface area (Å²) in [6, 6.07) is 27.4. The minimum Gasteiger partial charge on any atom is -0.321 e. The molecule has 0 spiro atoms. The first kappa shape index (κ1) is 15.1. The second kappa shape index (κ2) is 6.57. The zero-order valence-corrected chi connectivity index (χ0v) is 13.5. The lowest BCUT2D eigenvalue weighted by Gasteiger charge is -2.11. The Bertz CT molecular complexity index is 1040. The lowest BCUT2D eigenvalue weighted by Crippen LogP contribution is -2.13. The Kier molecular flexibility index (Phi) is 3.97. The van der Waals surface area contributed by atoms with E-state index in [2.05, 4.69) is 10.3 Å². The summed E-state index contributed by atoms with van der Waals surface area (Å²) in [6.45, 7) is 0. The van der Waals surface area contributed by atoms with Crippen LogP contribution in [0.5, 0.6) is 0 Å². The van der Waals surface area contributed by atoms with Crippen LogP contribution in [0.4, 0.5) is 5.69 Å². The number of carbonyl (C=O) groups is 1. The van der Waals surface area contributed by atoms with Gasteiger partial charge in [0, 0.05) is 22.8 Å². The predicted octanol–water partition coefficient (Wildman–Crippen LogP) is 5.15. The SMILES string of the molecule is O=C(Nc1ccccc1-c1ccccc1)c1cnc2ccccc2c1. The Labute approximate surface area is 146 Å². The highest BCUT2D eigenvalue weighted by molar-refractivity contribution is 6.07. The zero-order chi connectivity index (χ0) is 17.1. The van der Waals surface area contributed by atoms with E-state index in [4.69, 9.17) is 0 Å². The van der Waals surface area contributed by atoms with Gasteiger partial charge in [0.25, 0.3) is 5.91 Å². The third-order valence-corrected chi connectivity index (χ3v) is 4.11. The van der Waals surface area contributed by atoms with Crippen molar-refractivity contribution in [2.24, 2.45) is 0 Å². The molecule has 1 aromatic heterocycles. The second-order valence-corrected chi connectivity index (χ2v) is 5.78. The summed E-state index contributed by atoms with van der Waals surface area (Å²) in [5.41, 5.74) is 4.26. The van der Waals surface area contributed by atoms with Gasteiger partial charge in [0.15, 0.2) is 0 Å². The summed E-state index contributed by atoms with van der Waals surface area (Å²) >= 11 is 0. The zero-order valence-electron chi connectivity index (χ0n) is 13.5. The van der Waals surface area contributed by atoms with Crippen molar-refractivity contribution in [2.75, 3.05) is 5.32 Å². The fourth-order valence-corrected chi connectivity index (χ4v) is 2.85.